The minimum Gasteiger partial charge on any atom is -0.476 e. The molecule has 0 saturated heterocycles. The molecule has 1 rings (SSSR count). The normalized spacial score (nSPS) is 11.2. The number of carbonyl (C=O) groups is 1. The molecule has 5 heteroatoms. The number of benzene rings is 1. The molecule has 4 nitrogen and oxygen atoms in total. The minimum atomic E-state index is -1.10. The highest BCUT2D eigenvalue weighted by Crippen LogP contribution is 2.14. The zero-order chi connectivity index (χ0) is 12.0. The van der Waals surface area contributed by atoms with Crippen molar-refractivity contribution in [1.29, 1.82) is 0 Å². The molecule has 0 amide bonds. The number of oxime groups is 1. The van der Waals surface area contributed by atoms with E-state index in [1.54, 1.807) is 19.1 Å². The molecule has 1 aromatic rings. The zero-order valence-electron chi connectivity index (χ0n) is 8.81. The Morgan fingerprint density at radius 3 is 2.75 bits per heavy atom. The van der Waals surface area contributed by atoms with Crippen molar-refractivity contribution in [2.75, 3.05) is 6.61 Å². The molecule has 0 aliphatic rings. The van der Waals surface area contributed by atoms with E-state index in [0.717, 1.165) is 5.56 Å². The number of hydrogen-bond donors (Lipinski definition) is 1. The summed E-state index contributed by atoms with van der Waals surface area (Å²) in [4.78, 5) is 15.9. The van der Waals surface area contributed by atoms with Gasteiger partial charge in [0, 0.05) is 10.9 Å². The van der Waals surface area contributed by atoms with E-state index in [1.807, 2.05) is 12.1 Å². The van der Waals surface area contributed by atoms with Gasteiger partial charge in [-0.05, 0) is 12.5 Å². The summed E-state index contributed by atoms with van der Waals surface area (Å²) in [7, 11) is 0. The van der Waals surface area contributed by atoms with Crippen LogP contribution >= 0.6 is 15.9 Å². The summed E-state index contributed by atoms with van der Waals surface area (Å²) in [5, 5.41) is 13.2. The van der Waals surface area contributed by atoms with Gasteiger partial charge in [0.05, 0.1) is 0 Å². The van der Waals surface area contributed by atoms with Crippen LogP contribution in [-0.2, 0) is 15.0 Å². The maximum atomic E-state index is 11.0. The average molecular weight is 286 g/mol. The molecule has 0 unspecified atom stereocenters. The number of halogens is 1. The number of aliphatic carboxylic acids is 1. The van der Waals surface area contributed by atoms with Gasteiger partial charge < -0.3 is 9.94 Å². The van der Waals surface area contributed by atoms with Crippen LogP contribution in [0.15, 0.2) is 29.4 Å². The number of alkyl halides is 1. The smallest absolute Gasteiger partial charge is 0.358 e. The van der Waals surface area contributed by atoms with Gasteiger partial charge in [0.15, 0.2) is 5.71 Å². The van der Waals surface area contributed by atoms with Crippen molar-refractivity contribution < 1.29 is 14.7 Å². The highest BCUT2D eigenvalue weighted by atomic mass is 79.9. The molecule has 1 N–H and O–H groups in total. The van der Waals surface area contributed by atoms with Crippen molar-refractivity contribution in [3.63, 3.8) is 0 Å². The fraction of sp³-hybridized carbons (Fsp3) is 0.273. The fourth-order valence-electron chi connectivity index (χ4n) is 1.20. The van der Waals surface area contributed by atoms with Crippen LogP contribution in [-0.4, -0.2) is 23.4 Å². The molecule has 0 aliphatic heterocycles. The van der Waals surface area contributed by atoms with Crippen LogP contribution in [0.1, 0.15) is 18.1 Å². The second-order valence-electron chi connectivity index (χ2n) is 2.95. The molecule has 0 aromatic heterocycles. The predicted octanol–water partition coefficient (Wildman–Crippen LogP) is 2.41. The van der Waals surface area contributed by atoms with Gasteiger partial charge in [0.2, 0.25) is 0 Å². The lowest BCUT2D eigenvalue weighted by atomic mass is 10.0. The Kier molecular flexibility index (Phi) is 4.98. The first-order valence-electron chi connectivity index (χ1n) is 4.78. The van der Waals surface area contributed by atoms with Crippen molar-refractivity contribution in [3.05, 3.63) is 35.4 Å². The number of hydrogen-bond acceptors (Lipinski definition) is 3. The monoisotopic (exact) mass is 285 g/mol. The summed E-state index contributed by atoms with van der Waals surface area (Å²) in [5.41, 5.74) is 1.36. The lowest BCUT2D eigenvalue weighted by molar-refractivity contribution is -0.129. The van der Waals surface area contributed by atoms with Crippen LogP contribution < -0.4 is 0 Å². The summed E-state index contributed by atoms with van der Waals surface area (Å²) in [6.45, 7) is 2.09. The maximum Gasteiger partial charge on any atom is 0.358 e. The topological polar surface area (TPSA) is 58.9 Å². The Morgan fingerprint density at radius 1 is 1.50 bits per heavy atom. The number of carboxylic acids is 1. The second-order valence-corrected chi connectivity index (χ2v) is 3.51. The maximum absolute atomic E-state index is 11.0. The SMILES string of the molecule is CCO/N=C(/C(=O)O)c1ccccc1CBr. The van der Waals surface area contributed by atoms with Crippen LogP contribution in [0.25, 0.3) is 0 Å². The molecule has 0 radical (unpaired) electrons. The Morgan fingerprint density at radius 2 is 2.19 bits per heavy atom. The Balaban J connectivity index is 3.15. The standard InChI is InChI=1S/C11H12BrNO3/c1-2-16-13-10(11(14)15)9-6-4-3-5-8(9)7-12/h3-6H,2,7H2,1H3,(H,14,15)/b13-10+. The number of nitrogens with zero attached hydrogens (tertiary/aromatic N) is 1. The van der Waals surface area contributed by atoms with Crippen molar-refractivity contribution in [2.24, 2.45) is 5.16 Å². The number of rotatable bonds is 5. The Labute approximate surface area is 102 Å². The number of carboxylic acid groups (broad SMARTS) is 1. The van der Waals surface area contributed by atoms with Crippen LogP contribution in [0.3, 0.4) is 0 Å². The van der Waals surface area contributed by atoms with Gasteiger partial charge in [0.25, 0.3) is 0 Å². The first-order valence-corrected chi connectivity index (χ1v) is 5.90. The molecule has 86 valence electrons. The highest BCUT2D eigenvalue weighted by molar-refractivity contribution is 9.08. The van der Waals surface area contributed by atoms with Gasteiger partial charge in [-0.3, -0.25) is 0 Å². The third kappa shape index (κ3) is 3.06. The fourth-order valence-corrected chi connectivity index (χ4v) is 1.69. The van der Waals surface area contributed by atoms with Crippen LogP contribution in [0.4, 0.5) is 0 Å². The molecule has 0 aliphatic carbocycles. The van der Waals surface area contributed by atoms with E-state index >= 15 is 0 Å². The molecular weight excluding hydrogens is 274 g/mol. The van der Waals surface area contributed by atoms with Crippen molar-refractivity contribution >= 4 is 27.6 Å². The largest absolute Gasteiger partial charge is 0.476 e. The molecule has 0 spiro atoms. The van der Waals surface area contributed by atoms with E-state index in [-0.39, 0.29) is 5.71 Å². The Bertz CT molecular complexity index is 404. The van der Waals surface area contributed by atoms with Crippen LogP contribution in [0, 0.1) is 0 Å². The third-order valence-corrected chi connectivity index (χ3v) is 2.51. The minimum absolute atomic E-state index is 0.0723. The van der Waals surface area contributed by atoms with Gasteiger partial charge in [-0.25, -0.2) is 4.79 Å². The highest BCUT2D eigenvalue weighted by Gasteiger charge is 2.16. The first-order chi connectivity index (χ1) is 7.70. The van der Waals surface area contributed by atoms with Crippen LogP contribution in [0.5, 0.6) is 0 Å². The molecule has 0 atom stereocenters. The van der Waals surface area contributed by atoms with Crippen LogP contribution in [0.2, 0.25) is 0 Å². The molecule has 1 aromatic carbocycles. The van der Waals surface area contributed by atoms with Gasteiger partial charge in [-0.2, -0.15) is 0 Å². The molecule has 0 heterocycles. The second kappa shape index (κ2) is 6.27. The van der Waals surface area contributed by atoms with E-state index in [2.05, 4.69) is 21.1 Å². The third-order valence-electron chi connectivity index (χ3n) is 1.90. The van der Waals surface area contributed by atoms with E-state index in [1.165, 1.54) is 0 Å². The summed E-state index contributed by atoms with van der Waals surface area (Å²) < 4.78 is 0. The average Bonchev–Trinajstić information content (AvgIpc) is 2.29. The first kappa shape index (κ1) is 12.7. The molecule has 0 saturated carbocycles. The zero-order valence-corrected chi connectivity index (χ0v) is 10.4. The van der Waals surface area contributed by atoms with E-state index < -0.39 is 5.97 Å². The predicted molar refractivity (Wildman–Crippen MR) is 64.9 cm³/mol. The van der Waals surface area contributed by atoms with Gasteiger partial charge in [-0.1, -0.05) is 45.4 Å². The van der Waals surface area contributed by atoms with Gasteiger partial charge >= 0.3 is 5.97 Å². The summed E-state index contributed by atoms with van der Waals surface area (Å²) in [6.07, 6.45) is 0. The lowest BCUT2D eigenvalue weighted by Crippen LogP contribution is -2.16. The lowest BCUT2D eigenvalue weighted by Gasteiger charge is -2.06. The quantitative estimate of drug-likeness (QED) is 0.513. The summed E-state index contributed by atoms with van der Waals surface area (Å²) in [5.74, 6) is -1.10. The molecular formula is C11H12BrNO3. The molecule has 0 bridgehead atoms. The van der Waals surface area contributed by atoms with Crippen molar-refractivity contribution in [1.82, 2.24) is 0 Å². The van der Waals surface area contributed by atoms with E-state index in [4.69, 9.17) is 9.94 Å². The molecule has 16 heavy (non-hydrogen) atoms. The molecule has 0 fully saturated rings. The summed E-state index contributed by atoms with van der Waals surface area (Å²) in [6, 6.07) is 7.17. The van der Waals surface area contributed by atoms with Crippen molar-refractivity contribution in [2.45, 2.75) is 12.3 Å². The Hall–Kier alpha value is -1.36. The van der Waals surface area contributed by atoms with E-state index in [9.17, 15) is 4.79 Å². The van der Waals surface area contributed by atoms with Crippen molar-refractivity contribution in [3.8, 4) is 0 Å². The van der Waals surface area contributed by atoms with Gasteiger partial charge in [0.1, 0.15) is 6.61 Å². The van der Waals surface area contributed by atoms with Gasteiger partial charge in [-0.15, -0.1) is 0 Å². The van der Waals surface area contributed by atoms with E-state index in [0.29, 0.717) is 17.5 Å². The summed E-state index contributed by atoms with van der Waals surface area (Å²) >= 11 is 3.31.